The lowest BCUT2D eigenvalue weighted by Crippen LogP contribution is -2.21. The number of anilines is 1. The standard InChI is InChI=1S/C24H22FN3O7S/c1-3-36(31,32)17-8-9-21(33-13-16-11-24(30)28-22(26-16)10-15(2)35-28)19(12-17)27-23(29)14-34-20-7-5-4-6-18(20)25/h4-12H,3,13-14H2,1-2H3,(H,27,29). The van der Waals surface area contributed by atoms with Crippen LogP contribution in [0.1, 0.15) is 18.4 Å². The Labute approximate surface area is 205 Å². The summed E-state index contributed by atoms with van der Waals surface area (Å²) in [6.45, 7) is 2.50. The summed E-state index contributed by atoms with van der Waals surface area (Å²) in [7, 11) is -3.58. The van der Waals surface area contributed by atoms with Crippen molar-refractivity contribution in [1.29, 1.82) is 0 Å². The normalized spacial score (nSPS) is 11.4. The summed E-state index contributed by atoms with van der Waals surface area (Å²) in [6, 6.07) is 12.5. The number of ether oxygens (including phenoxy) is 2. The Morgan fingerprint density at radius 3 is 2.64 bits per heavy atom. The highest BCUT2D eigenvalue weighted by Crippen LogP contribution is 2.29. The van der Waals surface area contributed by atoms with Gasteiger partial charge in [0, 0.05) is 12.1 Å². The van der Waals surface area contributed by atoms with E-state index < -0.39 is 33.7 Å². The van der Waals surface area contributed by atoms with Crippen molar-refractivity contribution in [2.45, 2.75) is 25.3 Å². The van der Waals surface area contributed by atoms with Crippen molar-refractivity contribution in [2.24, 2.45) is 0 Å². The van der Waals surface area contributed by atoms with E-state index >= 15 is 0 Å². The SMILES string of the molecule is CCS(=O)(=O)c1ccc(OCc2cc(=O)n3oc(C)cc3n2)c(NC(=O)COc2ccccc2F)c1. The van der Waals surface area contributed by atoms with Crippen LogP contribution in [0.5, 0.6) is 11.5 Å². The fourth-order valence-electron chi connectivity index (χ4n) is 3.28. The van der Waals surface area contributed by atoms with E-state index in [9.17, 15) is 22.4 Å². The molecule has 0 spiro atoms. The number of nitrogens with one attached hydrogen (secondary N) is 1. The first-order valence-electron chi connectivity index (χ1n) is 10.8. The molecule has 1 amide bonds. The van der Waals surface area contributed by atoms with Gasteiger partial charge in [0.05, 0.1) is 22.0 Å². The predicted octanol–water partition coefficient (Wildman–Crippen LogP) is 3.13. The molecule has 0 aliphatic heterocycles. The molecule has 2 aromatic carbocycles. The first-order chi connectivity index (χ1) is 17.2. The fraction of sp³-hybridized carbons (Fsp3) is 0.208. The van der Waals surface area contributed by atoms with Gasteiger partial charge in [0.2, 0.25) is 0 Å². The van der Waals surface area contributed by atoms with Crippen molar-refractivity contribution < 1.29 is 31.6 Å². The highest BCUT2D eigenvalue weighted by atomic mass is 32.2. The molecule has 188 valence electrons. The number of sulfone groups is 1. The van der Waals surface area contributed by atoms with Crippen LogP contribution >= 0.6 is 0 Å². The zero-order valence-electron chi connectivity index (χ0n) is 19.4. The van der Waals surface area contributed by atoms with E-state index in [-0.39, 0.29) is 34.4 Å². The number of hydrogen-bond acceptors (Lipinski definition) is 8. The summed E-state index contributed by atoms with van der Waals surface area (Å²) in [5.74, 6) is -0.898. The van der Waals surface area contributed by atoms with Crippen molar-refractivity contribution in [2.75, 3.05) is 17.7 Å². The van der Waals surface area contributed by atoms with Crippen LogP contribution < -0.4 is 20.3 Å². The third kappa shape index (κ3) is 5.54. The van der Waals surface area contributed by atoms with Gasteiger partial charge in [-0.1, -0.05) is 19.1 Å². The third-order valence-corrected chi connectivity index (χ3v) is 6.79. The Morgan fingerprint density at radius 2 is 1.89 bits per heavy atom. The second-order valence-electron chi connectivity index (χ2n) is 7.70. The molecule has 0 radical (unpaired) electrons. The van der Waals surface area contributed by atoms with Crippen molar-refractivity contribution >= 4 is 27.1 Å². The molecule has 4 rings (SSSR count). The molecule has 0 saturated heterocycles. The molecule has 0 fully saturated rings. The van der Waals surface area contributed by atoms with Crippen molar-refractivity contribution in [3.63, 3.8) is 0 Å². The largest absolute Gasteiger partial charge is 0.485 e. The van der Waals surface area contributed by atoms with E-state index in [1.165, 1.54) is 49.4 Å². The molecular formula is C24H22FN3O7S. The van der Waals surface area contributed by atoms with Gasteiger partial charge >= 0.3 is 0 Å². The number of benzene rings is 2. The lowest BCUT2D eigenvalue weighted by molar-refractivity contribution is -0.118. The molecule has 0 atom stereocenters. The number of fused-ring (bicyclic) bond motifs is 1. The van der Waals surface area contributed by atoms with Gasteiger partial charge in [-0.2, -0.15) is 0 Å². The van der Waals surface area contributed by atoms with Gasteiger partial charge in [-0.25, -0.2) is 17.8 Å². The molecule has 36 heavy (non-hydrogen) atoms. The van der Waals surface area contributed by atoms with Crippen LogP contribution in [0.2, 0.25) is 0 Å². The molecule has 2 heterocycles. The van der Waals surface area contributed by atoms with E-state index in [2.05, 4.69) is 10.3 Å². The number of carbonyl (C=O) groups excluding carboxylic acids is 1. The molecule has 12 heteroatoms. The summed E-state index contributed by atoms with van der Waals surface area (Å²) in [5, 5.41) is 2.54. The maximum absolute atomic E-state index is 13.8. The summed E-state index contributed by atoms with van der Waals surface area (Å²) < 4.78 is 55.8. The quantitative estimate of drug-likeness (QED) is 0.360. The molecule has 0 aliphatic rings. The number of halogens is 1. The average molecular weight is 516 g/mol. The number of para-hydroxylation sites is 1. The number of nitrogens with zero attached hydrogens (tertiary/aromatic N) is 2. The zero-order valence-corrected chi connectivity index (χ0v) is 20.2. The molecule has 0 unspecified atom stereocenters. The minimum absolute atomic E-state index is 0.0191. The molecule has 0 aliphatic carbocycles. The van der Waals surface area contributed by atoms with E-state index in [4.69, 9.17) is 14.0 Å². The Morgan fingerprint density at radius 1 is 1.11 bits per heavy atom. The van der Waals surface area contributed by atoms with Gasteiger partial charge in [-0.15, -0.1) is 4.57 Å². The van der Waals surface area contributed by atoms with Crippen LogP contribution in [0.25, 0.3) is 5.65 Å². The second-order valence-corrected chi connectivity index (χ2v) is 9.98. The topological polar surface area (TPSA) is 129 Å². The van der Waals surface area contributed by atoms with Gasteiger partial charge in [-0.3, -0.25) is 9.59 Å². The summed E-state index contributed by atoms with van der Waals surface area (Å²) in [6.07, 6.45) is 0. The molecule has 10 nitrogen and oxygen atoms in total. The highest BCUT2D eigenvalue weighted by molar-refractivity contribution is 7.91. The van der Waals surface area contributed by atoms with E-state index in [0.717, 1.165) is 4.57 Å². The minimum atomic E-state index is -3.58. The van der Waals surface area contributed by atoms with Gasteiger partial charge in [0.15, 0.2) is 33.7 Å². The van der Waals surface area contributed by atoms with Crippen LogP contribution in [-0.4, -0.2) is 36.2 Å². The van der Waals surface area contributed by atoms with Crippen LogP contribution in [0.3, 0.4) is 0 Å². The first kappa shape index (κ1) is 24.9. The van der Waals surface area contributed by atoms with Crippen LogP contribution in [0.4, 0.5) is 10.1 Å². The Hall–Kier alpha value is -4.19. The average Bonchev–Trinajstić information content (AvgIpc) is 3.23. The zero-order chi connectivity index (χ0) is 25.9. The summed E-state index contributed by atoms with van der Waals surface area (Å²) >= 11 is 0. The Kier molecular flexibility index (Phi) is 7.06. The van der Waals surface area contributed by atoms with Crippen molar-refractivity contribution in [1.82, 2.24) is 9.56 Å². The maximum atomic E-state index is 13.8. The molecular weight excluding hydrogens is 493 g/mol. The lowest BCUT2D eigenvalue weighted by atomic mass is 10.3. The summed E-state index contributed by atoms with van der Waals surface area (Å²) in [4.78, 5) is 29.1. The van der Waals surface area contributed by atoms with Gasteiger partial charge in [0.1, 0.15) is 18.1 Å². The molecule has 0 bridgehead atoms. The second kappa shape index (κ2) is 10.2. The number of hydrogen-bond donors (Lipinski definition) is 1. The summed E-state index contributed by atoms with van der Waals surface area (Å²) in [5.41, 5.74) is 0.228. The smallest absolute Gasteiger partial charge is 0.287 e. The molecule has 2 aromatic heterocycles. The number of aryl methyl sites for hydroxylation is 1. The molecule has 1 N–H and O–H groups in total. The minimum Gasteiger partial charge on any atom is -0.485 e. The lowest BCUT2D eigenvalue weighted by Gasteiger charge is -2.14. The predicted molar refractivity (Wildman–Crippen MR) is 127 cm³/mol. The van der Waals surface area contributed by atoms with Crippen LogP contribution in [-0.2, 0) is 21.2 Å². The molecule has 4 aromatic rings. The maximum Gasteiger partial charge on any atom is 0.287 e. The van der Waals surface area contributed by atoms with E-state index in [0.29, 0.717) is 17.1 Å². The first-order valence-corrected chi connectivity index (χ1v) is 12.5. The van der Waals surface area contributed by atoms with Crippen molar-refractivity contribution in [3.8, 4) is 11.5 Å². The monoisotopic (exact) mass is 515 g/mol. The van der Waals surface area contributed by atoms with Crippen LogP contribution in [0, 0.1) is 12.7 Å². The number of carbonyl (C=O) groups is 1. The van der Waals surface area contributed by atoms with E-state index in [1.54, 1.807) is 19.1 Å². The van der Waals surface area contributed by atoms with Crippen molar-refractivity contribution in [3.05, 3.63) is 82.2 Å². The van der Waals surface area contributed by atoms with Gasteiger partial charge in [0.25, 0.3) is 11.5 Å². The Bertz CT molecular complexity index is 1600. The highest BCUT2D eigenvalue weighted by Gasteiger charge is 2.18. The number of rotatable bonds is 9. The van der Waals surface area contributed by atoms with Gasteiger partial charge < -0.3 is 19.3 Å². The van der Waals surface area contributed by atoms with Gasteiger partial charge in [-0.05, 0) is 37.3 Å². The van der Waals surface area contributed by atoms with E-state index in [1.807, 2.05) is 0 Å². The third-order valence-electron chi connectivity index (χ3n) is 5.06. The molecule has 0 saturated carbocycles. The Balaban J connectivity index is 1.56. The van der Waals surface area contributed by atoms with Crippen LogP contribution in [0.15, 0.2) is 68.8 Å². The number of aromatic nitrogens is 2. The number of amides is 1. The fourth-order valence-corrected chi connectivity index (χ4v) is 4.19.